The summed E-state index contributed by atoms with van der Waals surface area (Å²) in [6.45, 7) is 11.7. The molecule has 0 bridgehead atoms. The Bertz CT molecular complexity index is 753. The molecule has 0 aliphatic heterocycles. The Morgan fingerprint density at radius 3 is 1.69 bits per heavy atom. The minimum Gasteiger partial charge on any atom is -0.288 e. The number of anilines is 2. The molecule has 0 aliphatic rings. The molecule has 0 spiro atoms. The highest BCUT2D eigenvalue weighted by Gasteiger charge is 2.20. The van der Waals surface area contributed by atoms with Crippen LogP contribution in [0.1, 0.15) is 52.7 Å². The van der Waals surface area contributed by atoms with Gasteiger partial charge in [0, 0.05) is 0 Å². The van der Waals surface area contributed by atoms with E-state index in [9.17, 15) is 10.4 Å². The first-order valence-electron chi connectivity index (χ1n) is 8.85. The van der Waals surface area contributed by atoms with Gasteiger partial charge in [0.15, 0.2) is 0 Å². The first-order chi connectivity index (χ1) is 12.0. The summed E-state index contributed by atoms with van der Waals surface area (Å²) in [4.78, 5) is 0. The van der Waals surface area contributed by atoms with Crippen molar-refractivity contribution in [2.75, 3.05) is 10.1 Å². The van der Waals surface area contributed by atoms with Gasteiger partial charge in [0.1, 0.15) is 0 Å². The van der Waals surface area contributed by atoms with Crippen LogP contribution in [0.5, 0.6) is 0 Å². The number of hydrogen-bond donors (Lipinski definition) is 2. The first kappa shape index (κ1) is 20.0. The van der Waals surface area contributed by atoms with Gasteiger partial charge in [-0.05, 0) is 76.9 Å². The highest BCUT2D eigenvalue weighted by atomic mass is 16.5. The van der Waals surface area contributed by atoms with E-state index in [2.05, 4.69) is 0 Å². The molecular weight excluding hydrogens is 324 g/mol. The average molecular weight is 354 g/mol. The first-order valence-corrected chi connectivity index (χ1v) is 8.85. The van der Waals surface area contributed by atoms with Crippen molar-refractivity contribution in [1.82, 2.24) is 0 Å². The molecule has 0 heterocycles. The van der Waals surface area contributed by atoms with Crippen LogP contribution in [-0.2, 0) is 0 Å². The van der Waals surface area contributed by atoms with Crippen molar-refractivity contribution in [1.29, 1.82) is 0 Å². The van der Waals surface area contributed by atoms with Crippen LogP contribution >= 0.6 is 0 Å². The molecule has 4 nitrogen and oxygen atoms in total. The molecule has 4 heteroatoms. The zero-order chi connectivity index (χ0) is 19.5. The molecule has 0 saturated heterocycles. The van der Waals surface area contributed by atoms with Crippen molar-refractivity contribution >= 4 is 23.5 Å². The minimum atomic E-state index is -0.360. The molecule has 2 aromatic rings. The molecule has 2 rings (SSSR count). The maximum Gasteiger partial charge on any atom is 0.0646 e. The topological polar surface area (TPSA) is 46.9 Å². The Kier molecular flexibility index (Phi) is 5.79. The Hall–Kier alpha value is -2.30. The van der Waals surface area contributed by atoms with E-state index in [1.54, 1.807) is 0 Å². The Morgan fingerprint density at radius 2 is 1.15 bits per heavy atom. The van der Waals surface area contributed by atoms with Crippen LogP contribution in [-0.4, -0.2) is 21.5 Å². The fourth-order valence-electron chi connectivity index (χ4n) is 2.45. The van der Waals surface area contributed by atoms with Gasteiger partial charge in [-0.15, -0.1) is 0 Å². The molecule has 0 atom stereocenters. The van der Waals surface area contributed by atoms with E-state index in [-0.39, 0.29) is 11.1 Å². The van der Waals surface area contributed by atoms with Gasteiger partial charge in [-0.2, -0.15) is 0 Å². The van der Waals surface area contributed by atoms with E-state index in [4.69, 9.17) is 0 Å². The third kappa shape index (κ3) is 5.10. The predicted molar refractivity (Wildman–Crippen MR) is 110 cm³/mol. The van der Waals surface area contributed by atoms with Gasteiger partial charge < -0.3 is 0 Å². The fraction of sp³-hybridized carbons (Fsp3) is 0.364. The zero-order valence-electron chi connectivity index (χ0n) is 16.6. The fourth-order valence-corrected chi connectivity index (χ4v) is 2.45. The summed E-state index contributed by atoms with van der Waals surface area (Å²) in [5.41, 5.74) is 2.86. The van der Waals surface area contributed by atoms with Crippen molar-refractivity contribution in [2.24, 2.45) is 0 Å². The van der Waals surface area contributed by atoms with Crippen LogP contribution in [0, 0.1) is 0 Å². The highest BCUT2D eigenvalue weighted by molar-refractivity contribution is 5.72. The molecule has 0 amide bonds. The van der Waals surface area contributed by atoms with Crippen molar-refractivity contribution in [2.45, 2.75) is 52.6 Å². The summed E-state index contributed by atoms with van der Waals surface area (Å²) in [5, 5.41) is 23.0. The molecule has 2 aromatic carbocycles. The molecule has 0 aliphatic carbocycles. The second-order valence-electron chi connectivity index (χ2n) is 8.49. The van der Waals surface area contributed by atoms with Crippen LogP contribution in [0.3, 0.4) is 0 Å². The molecule has 0 saturated carbocycles. The third-order valence-electron chi connectivity index (χ3n) is 3.99. The number of hydroxylamine groups is 2. The predicted octanol–water partition coefficient (Wildman–Crippen LogP) is 5.85. The Balaban J connectivity index is 2.15. The monoisotopic (exact) mass is 354 g/mol. The van der Waals surface area contributed by atoms with E-state index in [0.717, 1.165) is 22.5 Å². The summed E-state index contributed by atoms with van der Waals surface area (Å²) >= 11 is 0. The molecule has 2 N–H and O–H groups in total. The lowest BCUT2D eigenvalue weighted by Crippen LogP contribution is -2.38. The van der Waals surface area contributed by atoms with Crippen LogP contribution in [0.25, 0.3) is 12.2 Å². The van der Waals surface area contributed by atoms with Crippen LogP contribution in [0.2, 0.25) is 0 Å². The van der Waals surface area contributed by atoms with Crippen molar-refractivity contribution < 1.29 is 10.4 Å². The van der Waals surface area contributed by atoms with E-state index >= 15 is 0 Å². The Labute approximate surface area is 156 Å². The largest absolute Gasteiger partial charge is 0.288 e. The van der Waals surface area contributed by atoms with Gasteiger partial charge in [0.2, 0.25) is 0 Å². The average Bonchev–Trinajstić information content (AvgIpc) is 2.58. The SMILES string of the molecule is CC(C)(C)N(O)c1ccc(/C=C/c2cccc(N(O)C(C)(C)C)c2)cc1. The summed E-state index contributed by atoms with van der Waals surface area (Å²) in [6, 6.07) is 15.5. The maximum absolute atomic E-state index is 10.3. The standard InChI is InChI=1S/C22H30N2O2/c1-21(2,3)23(25)19-14-12-17(13-15-19)10-11-18-8-7-9-20(16-18)24(26)22(4,5)6/h7-16,25-26H,1-6H3/b11-10+. The molecule has 0 unspecified atom stereocenters. The molecule has 26 heavy (non-hydrogen) atoms. The summed E-state index contributed by atoms with van der Waals surface area (Å²) in [6.07, 6.45) is 4.02. The van der Waals surface area contributed by atoms with Crippen molar-refractivity contribution in [3.05, 3.63) is 59.7 Å². The lowest BCUT2D eigenvalue weighted by Gasteiger charge is -2.31. The van der Waals surface area contributed by atoms with Crippen LogP contribution in [0.4, 0.5) is 11.4 Å². The van der Waals surface area contributed by atoms with Crippen LogP contribution < -0.4 is 10.1 Å². The lowest BCUT2D eigenvalue weighted by atomic mass is 10.1. The van der Waals surface area contributed by atoms with E-state index < -0.39 is 0 Å². The second-order valence-corrected chi connectivity index (χ2v) is 8.49. The normalized spacial score (nSPS) is 12.5. The summed E-state index contributed by atoms with van der Waals surface area (Å²) in [5.74, 6) is 0. The number of benzene rings is 2. The van der Waals surface area contributed by atoms with Crippen molar-refractivity contribution in [3.63, 3.8) is 0 Å². The number of hydrogen-bond acceptors (Lipinski definition) is 4. The molecule has 0 fully saturated rings. The zero-order valence-corrected chi connectivity index (χ0v) is 16.6. The smallest absolute Gasteiger partial charge is 0.0646 e. The van der Waals surface area contributed by atoms with E-state index in [0.29, 0.717) is 0 Å². The van der Waals surface area contributed by atoms with Gasteiger partial charge in [-0.3, -0.25) is 20.5 Å². The Morgan fingerprint density at radius 1 is 0.654 bits per heavy atom. The van der Waals surface area contributed by atoms with Crippen LogP contribution in [0.15, 0.2) is 48.5 Å². The van der Waals surface area contributed by atoms with Gasteiger partial charge in [0.05, 0.1) is 22.5 Å². The molecule has 0 aromatic heterocycles. The van der Waals surface area contributed by atoms with Gasteiger partial charge in [-0.1, -0.05) is 36.4 Å². The third-order valence-corrected chi connectivity index (χ3v) is 3.99. The highest BCUT2D eigenvalue weighted by Crippen LogP contribution is 2.24. The molecular formula is C22H30N2O2. The van der Waals surface area contributed by atoms with Gasteiger partial charge in [0.25, 0.3) is 0 Å². The molecule has 0 radical (unpaired) electrons. The quantitative estimate of drug-likeness (QED) is 0.534. The van der Waals surface area contributed by atoms with Crippen molar-refractivity contribution in [3.8, 4) is 0 Å². The van der Waals surface area contributed by atoms with Gasteiger partial charge in [-0.25, -0.2) is 0 Å². The minimum absolute atomic E-state index is 0.346. The number of rotatable bonds is 4. The van der Waals surface area contributed by atoms with E-state index in [1.807, 2.05) is 102 Å². The van der Waals surface area contributed by atoms with Gasteiger partial charge >= 0.3 is 0 Å². The lowest BCUT2D eigenvalue weighted by molar-refractivity contribution is 0.181. The second kappa shape index (κ2) is 7.52. The summed E-state index contributed by atoms with van der Waals surface area (Å²) < 4.78 is 0. The number of nitrogens with zero attached hydrogens (tertiary/aromatic N) is 2. The molecule has 140 valence electrons. The van der Waals surface area contributed by atoms with E-state index in [1.165, 1.54) is 10.1 Å². The summed E-state index contributed by atoms with van der Waals surface area (Å²) in [7, 11) is 0. The maximum atomic E-state index is 10.3.